The normalized spacial score (nSPS) is 11.5. The standard InChI is InChI=1S/C17H21N3O/c1-12-4-5-14(10-13(12)2)11-20(3)16-8-6-15(7-9-16)17(18)19-21/h4-10,21H,11H2,1-3H3,(H2,18,19). The number of oxime groups is 1. The smallest absolute Gasteiger partial charge is 0.170 e. The molecule has 0 aliphatic rings. The van der Waals surface area contributed by atoms with Crippen molar-refractivity contribution in [2.75, 3.05) is 11.9 Å². The maximum absolute atomic E-state index is 8.66. The van der Waals surface area contributed by atoms with Gasteiger partial charge in [0, 0.05) is 24.8 Å². The summed E-state index contributed by atoms with van der Waals surface area (Å²) >= 11 is 0. The lowest BCUT2D eigenvalue weighted by molar-refractivity contribution is 0.318. The van der Waals surface area contributed by atoms with E-state index in [2.05, 4.69) is 42.1 Å². The molecular weight excluding hydrogens is 262 g/mol. The number of nitrogens with zero attached hydrogens (tertiary/aromatic N) is 2. The lowest BCUT2D eigenvalue weighted by atomic mass is 10.1. The summed E-state index contributed by atoms with van der Waals surface area (Å²) in [6.07, 6.45) is 0. The van der Waals surface area contributed by atoms with Crippen molar-refractivity contribution in [1.82, 2.24) is 0 Å². The molecule has 0 spiro atoms. The molecule has 4 heteroatoms. The SMILES string of the molecule is Cc1ccc(CN(C)c2ccc(C(N)=NO)cc2)cc1C. The minimum atomic E-state index is 0.123. The second-order valence-electron chi connectivity index (χ2n) is 5.31. The predicted molar refractivity (Wildman–Crippen MR) is 87.0 cm³/mol. The highest BCUT2D eigenvalue weighted by molar-refractivity contribution is 5.97. The third-order valence-corrected chi connectivity index (χ3v) is 3.70. The van der Waals surface area contributed by atoms with Gasteiger partial charge in [0.15, 0.2) is 5.84 Å². The van der Waals surface area contributed by atoms with Crippen molar-refractivity contribution in [1.29, 1.82) is 0 Å². The summed E-state index contributed by atoms with van der Waals surface area (Å²) in [7, 11) is 2.05. The molecule has 0 unspecified atom stereocenters. The molecule has 0 aliphatic heterocycles. The van der Waals surface area contributed by atoms with Gasteiger partial charge in [-0.15, -0.1) is 0 Å². The highest BCUT2D eigenvalue weighted by Crippen LogP contribution is 2.18. The van der Waals surface area contributed by atoms with Crippen LogP contribution in [0.2, 0.25) is 0 Å². The van der Waals surface area contributed by atoms with E-state index in [9.17, 15) is 0 Å². The van der Waals surface area contributed by atoms with Crippen LogP contribution in [0.15, 0.2) is 47.6 Å². The lowest BCUT2D eigenvalue weighted by Gasteiger charge is -2.20. The molecule has 2 aromatic carbocycles. The van der Waals surface area contributed by atoms with E-state index >= 15 is 0 Å². The van der Waals surface area contributed by atoms with Gasteiger partial charge >= 0.3 is 0 Å². The zero-order valence-electron chi connectivity index (χ0n) is 12.7. The number of aryl methyl sites for hydroxylation is 2. The van der Waals surface area contributed by atoms with Crippen molar-refractivity contribution in [3.05, 3.63) is 64.7 Å². The molecule has 0 aliphatic carbocycles. The van der Waals surface area contributed by atoms with Gasteiger partial charge in [0.1, 0.15) is 0 Å². The van der Waals surface area contributed by atoms with Crippen LogP contribution < -0.4 is 10.6 Å². The van der Waals surface area contributed by atoms with E-state index in [1.165, 1.54) is 16.7 Å². The van der Waals surface area contributed by atoms with Gasteiger partial charge in [0.05, 0.1) is 0 Å². The Bertz CT molecular complexity index is 648. The van der Waals surface area contributed by atoms with Crippen LogP contribution in [-0.4, -0.2) is 18.1 Å². The Morgan fingerprint density at radius 3 is 2.33 bits per heavy atom. The molecule has 0 radical (unpaired) electrons. The third-order valence-electron chi connectivity index (χ3n) is 3.70. The Morgan fingerprint density at radius 2 is 1.76 bits per heavy atom. The van der Waals surface area contributed by atoms with Crippen LogP contribution in [0, 0.1) is 13.8 Å². The number of amidine groups is 1. The molecule has 0 saturated carbocycles. The fraction of sp³-hybridized carbons (Fsp3) is 0.235. The third kappa shape index (κ3) is 3.54. The Labute approximate surface area is 125 Å². The summed E-state index contributed by atoms with van der Waals surface area (Å²) in [6, 6.07) is 14.2. The van der Waals surface area contributed by atoms with E-state index in [0.717, 1.165) is 12.2 Å². The van der Waals surface area contributed by atoms with E-state index in [4.69, 9.17) is 10.9 Å². The molecule has 110 valence electrons. The number of anilines is 1. The number of nitrogens with two attached hydrogens (primary N) is 1. The second-order valence-corrected chi connectivity index (χ2v) is 5.31. The summed E-state index contributed by atoms with van der Waals surface area (Å²) in [5, 5.41) is 11.7. The first kappa shape index (κ1) is 14.9. The number of rotatable bonds is 4. The topological polar surface area (TPSA) is 61.8 Å². The Kier molecular flexibility index (Phi) is 4.48. The number of hydrogen-bond acceptors (Lipinski definition) is 3. The monoisotopic (exact) mass is 283 g/mol. The number of benzene rings is 2. The molecule has 0 fully saturated rings. The first-order valence-electron chi connectivity index (χ1n) is 6.86. The van der Waals surface area contributed by atoms with Crippen molar-refractivity contribution in [3.8, 4) is 0 Å². The van der Waals surface area contributed by atoms with E-state index < -0.39 is 0 Å². The van der Waals surface area contributed by atoms with Gasteiger partial charge < -0.3 is 15.8 Å². The molecule has 0 saturated heterocycles. The highest BCUT2D eigenvalue weighted by Gasteiger charge is 2.05. The molecule has 0 bridgehead atoms. The van der Waals surface area contributed by atoms with Crippen molar-refractivity contribution in [2.45, 2.75) is 20.4 Å². The van der Waals surface area contributed by atoms with Crippen molar-refractivity contribution in [2.24, 2.45) is 10.9 Å². The van der Waals surface area contributed by atoms with Crippen LogP contribution in [-0.2, 0) is 6.54 Å². The molecule has 3 N–H and O–H groups in total. The molecule has 21 heavy (non-hydrogen) atoms. The first-order chi connectivity index (χ1) is 10.0. The molecule has 2 aromatic rings. The zero-order valence-corrected chi connectivity index (χ0v) is 12.7. The maximum atomic E-state index is 8.66. The summed E-state index contributed by atoms with van der Waals surface area (Å²) < 4.78 is 0. The molecule has 0 atom stereocenters. The molecule has 0 heterocycles. The van der Waals surface area contributed by atoms with Crippen LogP contribution in [0.5, 0.6) is 0 Å². The van der Waals surface area contributed by atoms with Gasteiger partial charge in [0.2, 0.25) is 0 Å². The zero-order chi connectivity index (χ0) is 15.4. The van der Waals surface area contributed by atoms with Crippen LogP contribution in [0.1, 0.15) is 22.3 Å². The summed E-state index contributed by atoms with van der Waals surface area (Å²) in [6.45, 7) is 5.09. The van der Waals surface area contributed by atoms with Gasteiger partial charge in [-0.1, -0.05) is 23.4 Å². The van der Waals surface area contributed by atoms with Gasteiger partial charge in [-0.25, -0.2) is 0 Å². The van der Waals surface area contributed by atoms with Crippen LogP contribution >= 0.6 is 0 Å². The largest absolute Gasteiger partial charge is 0.409 e. The molecule has 4 nitrogen and oxygen atoms in total. The van der Waals surface area contributed by atoms with Gasteiger partial charge in [0.25, 0.3) is 0 Å². The Balaban J connectivity index is 2.12. The van der Waals surface area contributed by atoms with Crippen molar-refractivity contribution >= 4 is 11.5 Å². The molecule has 0 aromatic heterocycles. The van der Waals surface area contributed by atoms with E-state index in [-0.39, 0.29) is 5.84 Å². The Hall–Kier alpha value is -2.49. The fourth-order valence-electron chi connectivity index (χ4n) is 2.21. The van der Waals surface area contributed by atoms with E-state index in [1.807, 2.05) is 31.3 Å². The quantitative estimate of drug-likeness (QED) is 0.392. The lowest BCUT2D eigenvalue weighted by Crippen LogP contribution is -2.17. The fourth-order valence-corrected chi connectivity index (χ4v) is 2.21. The molecule has 2 rings (SSSR count). The van der Waals surface area contributed by atoms with Crippen LogP contribution in [0.4, 0.5) is 5.69 Å². The average molecular weight is 283 g/mol. The van der Waals surface area contributed by atoms with Crippen LogP contribution in [0.25, 0.3) is 0 Å². The maximum Gasteiger partial charge on any atom is 0.170 e. The average Bonchev–Trinajstić information content (AvgIpc) is 2.50. The van der Waals surface area contributed by atoms with Crippen molar-refractivity contribution in [3.63, 3.8) is 0 Å². The van der Waals surface area contributed by atoms with Gasteiger partial charge in [-0.3, -0.25) is 0 Å². The first-order valence-corrected chi connectivity index (χ1v) is 6.86. The van der Waals surface area contributed by atoms with E-state index in [0.29, 0.717) is 5.56 Å². The summed E-state index contributed by atoms with van der Waals surface area (Å²) in [5.41, 5.74) is 11.3. The minimum Gasteiger partial charge on any atom is -0.409 e. The van der Waals surface area contributed by atoms with Crippen molar-refractivity contribution < 1.29 is 5.21 Å². The summed E-state index contributed by atoms with van der Waals surface area (Å²) in [4.78, 5) is 2.17. The minimum absolute atomic E-state index is 0.123. The van der Waals surface area contributed by atoms with Crippen LogP contribution in [0.3, 0.4) is 0 Å². The summed E-state index contributed by atoms with van der Waals surface area (Å²) in [5.74, 6) is 0.123. The van der Waals surface area contributed by atoms with Gasteiger partial charge in [-0.2, -0.15) is 0 Å². The molecule has 0 amide bonds. The van der Waals surface area contributed by atoms with Gasteiger partial charge in [-0.05, 0) is 54.8 Å². The molecular formula is C17H21N3O. The van der Waals surface area contributed by atoms with E-state index in [1.54, 1.807) is 0 Å². The second kappa shape index (κ2) is 6.31. The number of hydrogen-bond donors (Lipinski definition) is 2. The predicted octanol–water partition coefficient (Wildman–Crippen LogP) is 3.03. The Morgan fingerprint density at radius 1 is 1.10 bits per heavy atom. The highest BCUT2D eigenvalue weighted by atomic mass is 16.4.